The van der Waals surface area contributed by atoms with E-state index in [1.807, 2.05) is 30.0 Å². The molecular weight excluding hydrogens is 238 g/mol. The van der Waals surface area contributed by atoms with Gasteiger partial charge in [-0.05, 0) is 24.6 Å². The van der Waals surface area contributed by atoms with E-state index in [1.165, 1.54) is 4.90 Å². The molecule has 0 aliphatic carbocycles. The summed E-state index contributed by atoms with van der Waals surface area (Å²) in [5.74, 6) is 0.706. The average Bonchev–Trinajstić information content (AvgIpc) is 2.21. The molecule has 3 heteroatoms. The van der Waals surface area contributed by atoms with E-state index in [9.17, 15) is 0 Å². The summed E-state index contributed by atoms with van der Waals surface area (Å²) in [6.07, 6.45) is 0. The predicted molar refractivity (Wildman–Crippen MR) is 74.5 cm³/mol. The number of nitrogens with one attached hydrogen (secondary N) is 1. The fourth-order valence-electron chi connectivity index (χ4n) is 1.37. The summed E-state index contributed by atoms with van der Waals surface area (Å²) in [6.45, 7) is 8.76. The zero-order valence-electron chi connectivity index (χ0n) is 10.2. The van der Waals surface area contributed by atoms with Gasteiger partial charge < -0.3 is 5.32 Å². The highest BCUT2D eigenvalue weighted by Gasteiger charge is 2.06. The molecule has 16 heavy (non-hydrogen) atoms. The highest BCUT2D eigenvalue weighted by Crippen LogP contribution is 2.29. The van der Waals surface area contributed by atoms with Crippen LogP contribution >= 0.6 is 23.4 Å². The standard InChI is InChI=1S/C13H20ClNS/c1-10(2)8-15-9-11(3)16-13-7-5-4-6-12(13)14/h4-7,10-11,15H,8-9H2,1-3H3. The van der Waals surface area contributed by atoms with Crippen LogP contribution in [0.5, 0.6) is 0 Å². The van der Waals surface area contributed by atoms with Crippen LogP contribution in [0, 0.1) is 5.92 Å². The zero-order valence-corrected chi connectivity index (χ0v) is 11.7. The predicted octanol–water partition coefficient (Wildman–Crippen LogP) is 4.07. The van der Waals surface area contributed by atoms with Crippen molar-refractivity contribution >= 4 is 23.4 Å². The molecule has 1 aromatic rings. The van der Waals surface area contributed by atoms with Gasteiger partial charge in [0.05, 0.1) is 5.02 Å². The minimum Gasteiger partial charge on any atom is -0.315 e. The van der Waals surface area contributed by atoms with Crippen LogP contribution in [0.3, 0.4) is 0 Å². The van der Waals surface area contributed by atoms with E-state index in [-0.39, 0.29) is 0 Å². The second kappa shape index (κ2) is 7.21. The van der Waals surface area contributed by atoms with Gasteiger partial charge in [-0.2, -0.15) is 0 Å². The Labute approximate surface area is 108 Å². The summed E-state index contributed by atoms with van der Waals surface area (Å²) in [7, 11) is 0. The van der Waals surface area contributed by atoms with E-state index in [0.717, 1.165) is 18.1 Å². The molecule has 1 atom stereocenters. The van der Waals surface area contributed by atoms with Gasteiger partial charge in [-0.25, -0.2) is 0 Å². The summed E-state index contributed by atoms with van der Waals surface area (Å²) >= 11 is 7.94. The van der Waals surface area contributed by atoms with Gasteiger partial charge in [0.25, 0.3) is 0 Å². The molecule has 0 heterocycles. The molecule has 0 bridgehead atoms. The Balaban J connectivity index is 2.34. The fourth-order valence-corrected chi connectivity index (χ4v) is 2.62. The summed E-state index contributed by atoms with van der Waals surface area (Å²) in [6, 6.07) is 8.01. The molecule has 1 aromatic carbocycles. The van der Waals surface area contributed by atoms with Gasteiger partial charge >= 0.3 is 0 Å². The van der Waals surface area contributed by atoms with Gasteiger partial charge in [0.2, 0.25) is 0 Å². The molecule has 0 aromatic heterocycles. The minimum absolute atomic E-state index is 0.540. The summed E-state index contributed by atoms with van der Waals surface area (Å²) < 4.78 is 0. The lowest BCUT2D eigenvalue weighted by atomic mass is 10.2. The van der Waals surface area contributed by atoms with Crippen molar-refractivity contribution in [2.75, 3.05) is 13.1 Å². The first-order valence-corrected chi connectivity index (χ1v) is 6.97. The maximum absolute atomic E-state index is 6.11. The molecule has 0 saturated carbocycles. The van der Waals surface area contributed by atoms with Crippen molar-refractivity contribution in [3.8, 4) is 0 Å². The van der Waals surface area contributed by atoms with Crippen LogP contribution in [0.1, 0.15) is 20.8 Å². The van der Waals surface area contributed by atoms with Gasteiger partial charge in [0.1, 0.15) is 0 Å². The normalized spacial score (nSPS) is 13.1. The number of hydrogen-bond acceptors (Lipinski definition) is 2. The van der Waals surface area contributed by atoms with Crippen LogP contribution in [0.15, 0.2) is 29.2 Å². The van der Waals surface area contributed by atoms with Gasteiger partial charge in [-0.15, -0.1) is 11.8 Å². The lowest BCUT2D eigenvalue weighted by Gasteiger charge is -2.14. The summed E-state index contributed by atoms with van der Waals surface area (Å²) in [5.41, 5.74) is 0. The molecule has 1 rings (SSSR count). The first kappa shape index (κ1) is 13.9. The Kier molecular flexibility index (Phi) is 6.25. The maximum atomic E-state index is 6.11. The van der Waals surface area contributed by atoms with Crippen molar-refractivity contribution in [3.05, 3.63) is 29.3 Å². The lowest BCUT2D eigenvalue weighted by Crippen LogP contribution is -2.26. The first-order chi connectivity index (χ1) is 7.59. The van der Waals surface area contributed by atoms with E-state index in [2.05, 4.69) is 32.2 Å². The fraction of sp³-hybridized carbons (Fsp3) is 0.538. The number of rotatable bonds is 6. The largest absolute Gasteiger partial charge is 0.315 e. The molecular formula is C13H20ClNS. The van der Waals surface area contributed by atoms with Crippen molar-refractivity contribution < 1.29 is 0 Å². The summed E-state index contributed by atoms with van der Waals surface area (Å²) in [5, 5.41) is 4.85. The molecule has 0 saturated heterocycles. The van der Waals surface area contributed by atoms with Crippen molar-refractivity contribution in [3.63, 3.8) is 0 Å². The Morgan fingerprint density at radius 3 is 2.50 bits per heavy atom. The quantitative estimate of drug-likeness (QED) is 0.772. The second-order valence-electron chi connectivity index (χ2n) is 4.41. The van der Waals surface area contributed by atoms with E-state index >= 15 is 0 Å². The highest BCUT2D eigenvalue weighted by molar-refractivity contribution is 8.00. The van der Waals surface area contributed by atoms with E-state index in [1.54, 1.807) is 0 Å². The second-order valence-corrected chi connectivity index (χ2v) is 6.30. The third-order valence-electron chi connectivity index (χ3n) is 2.15. The number of benzene rings is 1. The Hall–Kier alpha value is -0.180. The molecule has 0 fully saturated rings. The Morgan fingerprint density at radius 1 is 1.19 bits per heavy atom. The SMILES string of the molecule is CC(C)CNCC(C)Sc1ccccc1Cl. The molecule has 90 valence electrons. The molecule has 0 amide bonds. The molecule has 0 aliphatic rings. The third kappa shape index (κ3) is 5.24. The molecule has 0 spiro atoms. The average molecular weight is 258 g/mol. The molecule has 0 aliphatic heterocycles. The van der Waals surface area contributed by atoms with Crippen LogP contribution in [-0.2, 0) is 0 Å². The van der Waals surface area contributed by atoms with E-state index in [0.29, 0.717) is 11.2 Å². The first-order valence-electron chi connectivity index (χ1n) is 5.71. The van der Waals surface area contributed by atoms with Crippen molar-refractivity contribution in [2.45, 2.75) is 30.9 Å². The molecule has 1 nitrogen and oxygen atoms in total. The number of hydrogen-bond donors (Lipinski definition) is 1. The van der Waals surface area contributed by atoms with Gasteiger partial charge in [-0.1, -0.05) is 44.5 Å². The van der Waals surface area contributed by atoms with Crippen LogP contribution in [0.4, 0.5) is 0 Å². The van der Waals surface area contributed by atoms with Crippen LogP contribution in [0.25, 0.3) is 0 Å². The Bertz CT molecular complexity index is 315. The monoisotopic (exact) mass is 257 g/mol. The lowest BCUT2D eigenvalue weighted by molar-refractivity contribution is 0.554. The van der Waals surface area contributed by atoms with Gasteiger partial charge in [0.15, 0.2) is 0 Å². The molecule has 0 radical (unpaired) electrons. The number of thioether (sulfide) groups is 1. The topological polar surface area (TPSA) is 12.0 Å². The van der Waals surface area contributed by atoms with Crippen LogP contribution < -0.4 is 5.32 Å². The third-order valence-corrected chi connectivity index (χ3v) is 3.77. The van der Waals surface area contributed by atoms with Gasteiger partial charge in [-0.3, -0.25) is 0 Å². The van der Waals surface area contributed by atoms with Crippen molar-refractivity contribution in [1.82, 2.24) is 5.32 Å². The smallest absolute Gasteiger partial charge is 0.0541 e. The zero-order chi connectivity index (χ0) is 12.0. The molecule has 1 unspecified atom stereocenters. The van der Waals surface area contributed by atoms with Crippen LogP contribution in [0.2, 0.25) is 5.02 Å². The van der Waals surface area contributed by atoms with E-state index in [4.69, 9.17) is 11.6 Å². The summed E-state index contributed by atoms with van der Waals surface area (Å²) in [4.78, 5) is 1.17. The Morgan fingerprint density at radius 2 is 1.88 bits per heavy atom. The van der Waals surface area contributed by atoms with Gasteiger partial charge in [0, 0.05) is 16.7 Å². The molecule has 1 N–H and O–H groups in total. The maximum Gasteiger partial charge on any atom is 0.0541 e. The van der Waals surface area contributed by atoms with E-state index < -0.39 is 0 Å². The highest BCUT2D eigenvalue weighted by atomic mass is 35.5. The van der Waals surface area contributed by atoms with Crippen molar-refractivity contribution in [1.29, 1.82) is 0 Å². The minimum atomic E-state index is 0.540. The number of halogens is 1. The van der Waals surface area contributed by atoms with Crippen LogP contribution in [-0.4, -0.2) is 18.3 Å². The van der Waals surface area contributed by atoms with Crippen molar-refractivity contribution in [2.24, 2.45) is 5.92 Å².